The molecule has 0 saturated carbocycles. The summed E-state index contributed by atoms with van der Waals surface area (Å²) in [5, 5.41) is 4.25. The van der Waals surface area contributed by atoms with Crippen molar-refractivity contribution in [3.63, 3.8) is 0 Å². The number of aryl methyl sites for hydroxylation is 1. The fourth-order valence-electron chi connectivity index (χ4n) is 3.32. The number of nitrogens with zero attached hydrogens (tertiary/aromatic N) is 1. The molecule has 1 aliphatic rings. The Balaban J connectivity index is 2.05. The van der Waals surface area contributed by atoms with Crippen LogP contribution in [0.5, 0.6) is 0 Å². The second kappa shape index (κ2) is 8.24. The first kappa shape index (κ1) is 18.9. The van der Waals surface area contributed by atoms with Crippen LogP contribution in [0.15, 0.2) is 24.3 Å². The van der Waals surface area contributed by atoms with Crippen LogP contribution in [0.25, 0.3) is 10.9 Å². The Morgan fingerprint density at radius 1 is 1.15 bits per heavy atom. The van der Waals surface area contributed by atoms with Gasteiger partial charge in [0, 0.05) is 5.39 Å². The molecule has 2 unspecified atom stereocenters. The smallest absolute Gasteiger partial charge is 0.464 e. The Kier molecular flexibility index (Phi) is 5.78. The number of aromatic nitrogens is 1. The highest BCUT2D eigenvalue weighted by Crippen LogP contribution is 2.38. The molecule has 2 atom stereocenters. The number of carbonyl (C=O) groups is 2. The molecule has 1 aliphatic heterocycles. The molecule has 1 N–H and O–H groups in total. The Morgan fingerprint density at radius 3 is 2.63 bits per heavy atom. The van der Waals surface area contributed by atoms with Crippen LogP contribution in [0.1, 0.15) is 44.1 Å². The number of nitrogens with one attached hydrogen (secondary N) is 1. The number of anilines is 1. The normalized spacial score (nSPS) is 18.8. The fourth-order valence-corrected chi connectivity index (χ4v) is 3.32. The van der Waals surface area contributed by atoms with Crippen LogP contribution in [0, 0.1) is 6.92 Å². The number of esters is 1. The number of hydrogen-bond acceptors (Lipinski definition) is 7. The SMILES string of the molecule is CCOC(=O)OC1CCC(C(=O)OCC)Nc2c1nc1ccccc1c2C. The lowest BCUT2D eigenvalue weighted by atomic mass is 10.0. The van der Waals surface area contributed by atoms with E-state index in [1.807, 2.05) is 31.2 Å². The zero-order chi connectivity index (χ0) is 19.4. The van der Waals surface area contributed by atoms with Crippen molar-refractivity contribution in [2.45, 2.75) is 45.8 Å². The van der Waals surface area contributed by atoms with Gasteiger partial charge in [-0.15, -0.1) is 0 Å². The predicted octanol–water partition coefficient (Wildman–Crippen LogP) is 3.89. The summed E-state index contributed by atoms with van der Waals surface area (Å²) in [6, 6.07) is 7.22. The minimum Gasteiger partial charge on any atom is -0.464 e. The Bertz CT molecular complexity index is 852. The topological polar surface area (TPSA) is 86.8 Å². The maximum atomic E-state index is 12.3. The minimum absolute atomic E-state index is 0.228. The minimum atomic E-state index is -0.740. The van der Waals surface area contributed by atoms with Crippen LogP contribution < -0.4 is 5.32 Å². The van der Waals surface area contributed by atoms with Crippen molar-refractivity contribution in [3.8, 4) is 0 Å². The average molecular weight is 372 g/mol. The van der Waals surface area contributed by atoms with Gasteiger partial charge in [-0.25, -0.2) is 14.6 Å². The van der Waals surface area contributed by atoms with Gasteiger partial charge in [0.1, 0.15) is 17.8 Å². The van der Waals surface area contributed by atoms with Crippen LogP contribution in [-0.2, 0) is 19.0 Å². The molecule has 0 saturated heterocycles. The third-order valence-corrected chi connectivity index (χ3v) is 4.59. The zero-order valence-corrected chi connectivity index (χ0v) is 15.8. The summed E-state index contributed by atoms with van der Waals surface area (Å²) in [5.74, 6) is -0.326. The summed E-state index contributed by atoms with van der Waals surface area (Å²) in [4.78, 5) is 29.0. The lowest BCUT2D eigenvalue weighted by Gasteiger charge is -2.20. The van der Waals surface area contributed by atoms with Gasteiger partial charge in [-0.3, -0.25) is 0 Å². The number of hydrogen-bond donors (Lipinski definition) is 1. The largest absolute Gasteiger partial charge is 0.508 e. The molecule has 0 aliphatic carbocycles. The maximum Gasteiger partial charge on any atom is 0.508 e. The first-order chi connectivity index (χ1) is 13.0. The Hall–Kier alpha value is -2.83. The van der Waals surface area contributed by atoms with E-state index in [9.17, 15) is 9.59 Å². The summed E-state index contributed by atoms with van der Waals surface area (Å²) in [5.41, 5.74) is 3.07. The number of para-hydroxylation sites is 1. The van der Waals surface area contributed by atoms with E-state index in [2.05, 4.69) is 5.32 Å². The van der Waals surface area contributed by atoms with E-state index < -0.39 is 18.3 Å². The van der Waals surface area contributed by atoms with E-state index >= 15 is 0 Å². The molecule has 1 aromatic carbocycles. The fraction of sp³-hybridized carbons (Fsp3) is 0.450. The third kappa shape index (κ3) is 3.97. The number of pyridine rings is 1. The van der Waals surface area contributed by atoms with E-state index in [-0.39, 0.29) is 12.6 Å². The molecule has 0 spiro atoms. The van der Waals surface area contributed by atoms with Crippen molar-refractivity contribution in [2.75, 3.05) is 18.5 Å². The van der Waals surface area contributed by atoms with E-state index in [1.165, 1.54) is 0 Å². The highest BCUT2D eigenvalue weighted by atomic mass is 16.7. The lowest BCUT2D eigenvalue weighted by molar-refractivity contribution is -0.144. The molecule has 0 fully saturated rings. The molecule has 2 heterocycles. The Labute approximate surface area is 158 Å². The molecule has 7 nitrogen and oxygen atoms in total. The molecule has 27 heavy (non-hydrogen) atoms. The molecule has 3 rings (SSSR count). The first-order valence-electron chi connectivity index (χ1n) is 9.20. The molecule has 144 valence electrons. The van der Waals surface area contributed by atoms with Gasteiger partial charge in [-0.1, -0.05) is 18.2 Å². The van der Waals surface area contributed by atoms with Crippen molar-refractivity contribution >= 4 is 28.7 Å². The summed E-state index contributed by atoms with van der Waals surface area (Å²) >= 11 is 0. The average Bonchev–Trinajstić information content (AvgIpc) is 2.83. The summed E-state index contributed by atoms with van der Waals surface area (Å²) < 4.78 is 15.6. The van der Waals surface area contributed by atoms with Gasteiger partial charge >= 0.3 is 12.1 Å². The van der Waals surface area contributed by atoms with Crippen LogP contribution >= 0.6 is 0 Å². The zero-order valence-electron chi connectivity index (χ0n) is 15.8. The predicted molar refractivity (Wildman–Crippen MR) is 101 cm³/mol. The molecular formula is C20H24N2O5. The van der Waals surface area contributed by atoms with Crippen LogP contribution in [0.2, 0.25) is 0 Å². The van der Waals surface area contributed by atoms with Gasteiger partial charge in [0.25, 0.3) is 0 Å². The van der Waals surface area contributed by atoms with E-state index in [4.69, 9.17) is 19.2 Å². The van der Waals surface area contributed by atoms with Gasteiger partial charge in [0.05, 0.1) is 24.4 Å². The lowest BCUT2D eigenvalue weighted by Crippen LogP contribution is -2.31. The second-order valence-corrected chi connectivity index (χ2v) is 6.33. The van der Waals surface area contributed by atoms with Gasteiger partial charge in [-0.05, 0) is 45.2 Å². The third-order valence-electron chi connectivity index (χ3n) is 4.59. The summed E-state index contributed by atoms with van der Waals surface area (Å²) in [7, 11) is 0. The van der Waals surface area contributed by atoms with Crippen LogP contribution in [-0.4, -0.2) is 36.4 Å². The first-order valence-corrected chi connectivity index (χ1v) is 9.20. The molecule has 0 amide bonds. The summed E-state index contributed by atoms with van der Waals surface area (Å²) in [6.45, 7) is 5.99. The standard InChI is InChI=1S/C20H24N2O5/c1-4-25-19(23)15-10-11-16(27-20(24)26-5-2)18-17(22-15)12(3)13-8-6-7-9-14(13)21-18/h6-9,15-16,22H,4-5,10-11H2,1-3H3. The van der Waals surface area contributed by atoms with Crippen molar-refractivity contribution in [2.24, 2.45) is 0 Å². The molecule has 2 aromatic rings. The second-order valence-electron chi connectivity index (χ2n) is 6.33. The molecule has 0 bridgehead atoms. The van der Waals surface area contributed by atoms with Gasteiger partial charge in [-0.2, -0.15) is 0 Å². The van der Waals surface area contributed by atoms with E-state index in [0.29, 0.717) is 30.8 Å². The quantitative estimate of drug-likeness (QED) is 0.815. The number of ether oxygens (including phenoxy) is 3. The van der Waals surface area contributed by atoms with Gasteiger partial charge in [0.15, 0.2) is 0 Å². The molecule has 1 aromatic heterocycles. The van der Waals surface area contributed by atoms with E-state index in [1.54, 1.807) is 13.8 Å². The highest BCUT2D eigenvalue weighted by Gasteiger charge is 2.33. The van der Waals surface area contributed by atoms with Crippen molar-refractivity contribution in [1.82, 2.24) is 4.98 Å². The number of rotatable bonds is 4. The molecular weight excluding hydrogens is 348 g/mol. The highest BCUT2D eigenvalue weighted by molar-refractivity contribution is 5.89. The summed E-state index contributed by atoms with van der Waals surface area (Å²) in [6.07, 6.45) is -0.452. The Morgan fingerprint density at radius 2 is 1.89 bits per heavy atom. The van der Waals surface area contributed by atoms with Gasteiger partial charge in [0.2, 0.25) is 0 Å². The van der Waals surface area contributed by atoms with Crippen LogP contribution in [0.4, 0.5) is 10.5 Å². The van der Waals surface area contributed by atoms with Crippen molar-refractivity contribution < 1.29 is 23.8 Å². The van der Waals surface area contributed by atoms with Crippen molar-refractivity contribution in [1.29, 1.82) is 0 Å². The maximum absolute atomic E-state index is 12.3. The van der Waals surface area contributed by atoms with Gasteiger partial charge < -0.3 is 19.5 Å². The molecule has 0 radical (unpaired) electrons. The van der Waals surface area contributed by atoms with Crippen molar-refractivity contribution in [3.05, 3.63) is 35.5 Å². The number of benzene rings is 1. The number of carbonyl (C=O) groups excluding carboxylic acids is 2. The van der Waals surface area contributed by atoms with Crippen LogP contribution in [0.3, 0.4) is 0 Å². The molecule has 7 heteroatoms. The van der Waals surface area contributed by atoms with E-state index in [0.717, 1.165) is 16.5 Å². The monoisotopic (exact) mass is 372 g/mol. The number of fused-ring (bicyclic) bond motifs is 2.